The molecule has 0 atom stereocenters. The Morgan fingerprint density at radius 1 is 1.04 bits per heavy atom. The summed E-state index contributed by atoms with van der Waals surface area (Å²) in [5.74, 6) is -0.551. The molecule has 0 aromatic heterocycles. The van der Waals surface area contributed by atoms with Gasteiger partial charge in [-0.3, -0.25) is 10.1 Å². The average Bonchev–Trinajstić information content (AvgIpc) is 2.68. The van der Waals surface area contributed by atoms with Crippen LogP contribution in [0.1, 0.15) is 15.9 Å². The summed E-state index contributed by atoms with van der Waals surface area (Å²) in [5, 5.41) is 23.1. The minimum Gasteiger partial charge on any atom is -0.489 e. The molecule has 0 aliphatic carbocycles. The normalized spacial score (nSPS) is 10.2. The zero-order chi connectivity index (χ0) is 19.2. The van der Waals surface area contributed by atoms with Gasteiger partial charge in [0.15, 0.2) is 0 Å². The Kier molecular flexibility index (Phi) is 5.32. The molecule has 27 heavy (non-hydrogen) atoms. The van der Waals surface area contributed by atoms with Crippen molar-refractivity contribution in [2.75, 3.05) is 5.32 Å². The van der Waals surface area contributed by atoms with Gasteiger partial charge in [0.05, 0.1) is 10.5 Å². The summed E-state index contributed by atoms with van der Waals surface area (Å²) < 4.78 is 5.70. The van der Waals surface area contributed by atoms with Crippen LogP contribution in [0.5, 0.6) is 5.75 Å². The highest BCUT2D eigenvalue weighted by molar-refractivity contribution is 5.90. The molecular formula is C20H16N2O5. The van der Waals surface area contributed by atoms with Crippen LogP contribution in [0.2, 0.25) is 0 Å². The highest BCUT2D eigenvalue weighted by atomic mass is 16.6. The molecular weight excluding hydrogens is 348 g/mol. The number of hydrogen-bond acceptors (Lipinski definition) is 5. The van der Waals surface area contributed by atoms with E-state index in [1.54, 1.807) is 24.3 Å². The highest BCUT2D eigenvalue weighted by Crippen LogP contribution is 2.29. The van der Waals surface area contributed by atoms with Gasteiger partial charge in [-0.15, -0.1) is 0 Å². The number of hydrogen-bond donors (Lipinski definition) is 2. The number of carboxylic acids is 1. The average molecular weight is 364 g/mol. The van der Waals surface area contributed by atoms with Crippen LogP contribution in [0.4, 0.5) is 17.1 Å². The largest absolute Gasteiger partial charge is 0.489 e. The third-order valence-electron chi connectivity index (χ3n) is 3.82. The molecule has 0 saturated heterocycles. The second-order valence-electron chi connectivity index (χ2n) is 5.72. The molecule has 0 aliphatic rings. The lowest BCUT2D eigenvalue weighted by molar-refractivity contribution is -0.383. The predicted molar refractivity (Wildman–Crippen MR) is 101 cm³/mol. The van der Waals surface area contributed by atoms with Crippen LogP contribution >= 0.6 is 0 Å². The summed E-state index contributed by atoms with van der Waals surface area (Å²) in [5.41, 5.74) is 1.43. The summed E-state index contributed by atoms with van der Waals surface area (Å²) in [6.07, 6.45) is 0. The van der Waals surface area contributed by atoms with E-state index < -0.39 is 10.9 Å². The maximum atomic E-state index is 11.2. The van der Waals surface area contributed by atoms with Gasteiger partial charge in [-0.25, -0.2) is 4.79 Å². The molecule has 0 bridgehead atoms. The van der Waals surface area contributed by atoms with Gasteiger partial charge in [0.2, 0.25) is 0 Å². The lowest BCUT2D eigenvalue weighted by Gasteiger charge is -2.10. The van der Waals surface area contributed by atoms with Gasteiger partial charge < -0.3 is 15.2 Å². The van der Waals surface area contributed by atoms with Crippen molar-refractivity contribution in [3.63, 3.8) is 0 Å². The maximum absolute atomic E-state index is 11.2. The highest BCUT2D eigenvalue weighted by Gasteiger charge is 2.17. The van der Waals surface area contributed by atoms with Crippen LogP contribution < -0.4 is 10.1 Å². The first-order valence-electron chi connectivity index (χ1n) is 8.08. The third-order valence-corrected chi connectivity index (χ3v) is 3.82. The lowest BCUT2D eigenvalue weighted by atomic mass is 10.1. The number of carbonyl (C=O) groups is 1. The van der Waals surface area contributed by atoms with Crippen molar-refractivity contribution < 1.29 is 19.6 Å². The first kappa shape index (κ1) is 17.9. The number of anilines is 2. The molecule has 0 aliphatic heterocycles. The standard InChI is InChI=1S/C20H16N2O5/c23-20(24)15-6-11-18(19(12-15)22(25)26)21-16-7-9-17(10-8-16)27-13-14-4-2-1-3-5-14/h1-12,21H,13H2,(H,23,24). The van der Waals surface area contributed by atoms with Crippen LogP contribution in [0.15, 0.2) is 72.8 Å². The van der Waals surface area contributed by atoms with Gasteiger partial charge in [0, 0.05) is 11.8 Å². The Hall–Kier alpha value is -3.87. The number of ether oxygens (including phenoxy) is 1. The Balaban J connectivity index is 1.71. The number of nitrogens with zero attached hydrogens (tertiary/aromatic N) is 1. The molecule has 3 aromatic carbocycles. The molecule has 2 N–H and O–H groups in total. The summed E-state index contributed by atoms with van der Waals surface area (Å²) in [6.45, 7) is 0.440. The topological polar surface area (TPSA) is 102 Å². The molecule has 7 heteroatoms. The Bertz CT molecular complexity index is 956. The lowest BCUT2D eigenvalue weighted by Crippen LogP contribution is -2.02. The number of benzene rings is 3. The van der Waals surface area contributed by atoms with E-state index in [9.17, 15) is 14.9 Å². The van der Waals surface area contributed by atoms with Crippen molar-refractivity contribution in [3.05, 3.63) is 94.0 Å². The van der Waals surface area contributed by atoms with Crippen molar-refractivity contribution in [3.8, 4) is 5.75 Å². The molecule has 0 unspecified atom stereocenters. The number of rotatable bonds is 7. The van der Waals surface area contributed by atoms with Crippen LogP contribution in [-0.2, 0) is 6.61 Å². The van der Waals surface area contributed by atoms with Crippen LogP contribution in [0.3, 0.4) is 0 Å². The smallest absolute Gasteiger partial charge is 0.335 e. The predicted octanol–water partition coefficient (Wildman–Crippen LogP) is 4.62. The van der Waals surface area contributed by atoms with Gasteiger partial charge in [0.1, 0.15) is 18.0 Å². The van der Waals surface area contributed by atoms with Crippen LogP contribution in [0.25, 0.3) is 0 Å². The van der Waals surface area contributed by atoms with E-state index in [2.05, 4.69) is 5.32 Å². The number of aromatic carboxylic acids is 1. The van der Waals surface area contributed by atoms with Gasteiger partial charge in [-0.05, 0) is 42.0 Å². The maximum Gasteiger partial charge on any atom is 0.335 e. The van der Waals surface area contributed by atoms with Gasteiger partial charge >= 0.3 is 5.97 Å². The van der Waals surface area contributed by atoms with Crippen molar-refractivity contribution in [2.24, 2.45) is 0 Å². The quantitative estimate of drug-likeness (QED) is 0.469. The van der Waals surface area contributed by atoms with Gasteiger partial charge in [-0.2, -0.15) is 0 Å². The number of nitro benzene ring substituents is 1. The molecule has 0 heterocycles. The van der Waals surface area contributed by atoms with E-state index >= 15 is 0 Å². The minimum absolute atomic E-state index is 0.142. The zero-order valence-electron chi connectivity index (χ0n) is 14.2. The molecule has 136 valence electrons. The molecule has 3 aromatic rings. The first-order valence-corrected chi connectivity index (χ1v) is 8.08. The van der Waals surface area contributed by atoms with Gasteiger partial charge in [-0.1, -0.05) is 30.3 Å². The summed E-state index contributed by atoms with van der Waals surface area (Å²) in [4.78, 5) is 21.6. The SMILES string of the molecule is O=C(O)c1ccc(Nc2ccc(OCc3ccccc3)cc2)c([N+](=O)[O-])c1. The zero-order valence-corrected chi connectivity index (χ0v) is 14.2. The second-order valence-corrected chi connectivity index (χ2v) is 5.72. The summed E-state index contributed by atoms with van der Waals surface area (Å²) in [6, 6.07) is 20.4. The van der Waals surface area contributed by atoms with Crippen molar-refractivity contribution >= 4 is 23.0 Å². The van der Waals surface area contributed by atoms with Crippen LogP contribution in [-0.4, -0.2) is 16.0 Å². The molecule has 3 rings (SSSR count). The Labute approximate surface area is 155 Å². The Morgan fingerprint density at radius 2 is 1.74 bits per heavy atom. The molecule has 0 saturated carbocycles. The van der Waals surface area contributed by atoms with E-state index in [0.717, 1.165) is 11.6 Å². The van der Waals surface area contributed by atoms with E-state index in [0.29, 0.717) is 18.0 Å². The van der Waals surface area contributed by atoms with E-state index in [1.165, 1.54) is 12.1 Å². The van der Waals surface area contributed by atoms with Crippen molar-refractivity contribution in [1.29, 1.82) is 0 Å². The Morgan fingerprint density at radius 3 is 2.37 bits per heavy atom. The van der Waals surface area contributed by atoms with E-state index in [1.807, 2.05) is 30.3 Å². The monoisotopic (exact) mass is 364 g/mol. The van der Waals surface area contributed by atoms with Crippen LogP contribution in [0, 0.1) is 10.1 Å². The van der Waals surface area contributed by atoms with Crippen molar-refractivity contribution in [2.45, 2.75) is 6.61 Å². The van der Waals surface area contributed by atoms with Gasteiger partial charge in [0.25, 0.3) is 5.69 Å². The fraction of sp³-hybridized carbons (Fsp3) is 0.0500. The summed E-state index contributed by atoms with van der Waals surface area (Å²) in [7, 11) is 0. The number of carboxylic acid groups (broad SMARTS) is 1. The van der Waals surface area contributed by atoms with E-state index in [-0.39, 0.29) is 16.9 Å². The third kappa shape index (κ3) is 4.60. The molecule has 7 nitrogen and oxygen atoms in total. The molecule has 0 amide bonds. The molecule has 0 fully saturated rings. The molecule has 0 spiro atoms. The fourth-order valence-electron chi connectivity index (χ4n) is 2.45. The number of nitro groups is 1. The first-order chi connectivity index (χ1) is 13.0. The minimum atomic E-state index is -1.22. The molecule has 0 radical (unpaired) electrons. The fourth-order valence-corrected chi connectivity index (χ4v) is 2.45. The van der Waals surface area contributed by atoms with E-state index in [4.69, 9.17) is 9.84 Å². The van der Waals surface area contributed by atoms with Crippen molar-refractivity contribution in [1.82, 2.24) is 0 Å². The second kappa shape index (κ2) is 8.01. The number of nitrogens with one attached hydrogen (secondary N) is 1. The summed E-state index contributed by atoms with van der Waals surface area (Å²) >= 11 is 0.